The van der Waals surface area contributed by atoms with Crippen LogP contribution >= 0.6 is 15.9 Å². The monoisotopic (exact) mass is 493 g/mol. The van der Waals surface area contributed by atoms with Crippen LogP contribution in [0.1, 0.15) is 91.2 Å². The molecule has 172 valence electrons. The molecule has 2 aliphatic rings. The van der Waals surface area contributed by atoms with Gasteiger partial charge in [-0.15, -0.1) is 0 Å². The van der Waals surface area contributed by atoms with Crippen molar-refractivity contribution in [1.29, 1.82) is 0 Å². The highest BCUT2D eigenvalue weighted by atomic mass is 79.9. The zero-order chi connectivity index (χ0) is 22.8. The number of carbonyl (C=O) groups excluding carboxylic acids is 2. The average Bonchev–Trinajstić information content (AvgIpc) is 2.95. The smallest absolute Gasteiger partial charge is 0.411 e. The van der Waals surface area contributed by atoms with Crippen molar-refractivity contribution in [2.45, 2.75) is 103 Å². The second-order valence-electron chi connectivity index (χ2n) is 9.59. The number of unbranched alkanes of at least 4 members (excludes halogenated alkanes) is 1. The molecule has 1 amide bonds. The van der Waals surface area contributed by atoms with Crippen LogP contribution in [0.2, 0.25) is 0 Å². The number of cyclic esters (lactones) is 1. The minimum atomic E-state index is -1.22. The molecule has 1 aromatic rings. The van der Waals surface area contributed by atoms with E-state index in [0.717, 1.165) is 48.6 Å². The predicted molar refractivity (Wildman–Crippen MR) is 125 cm³/mol. The van der Waals surface area contributed by atoms with Crippen molar-refractivity contribution in [1.82, 2.24) is 4.90 Å². The molecule has 0 aromatic heterocycles. The van der Waals surface area contributed by atoms with Crippen molar-refractivity contribution in [2.75, 3.05) is 0 Å². The van der Waals surface area contributed by atoms with E-state index in [9.17, 15) is 9.59 Å². The van der Waals surface area contributed by atoms with E-state index in [4.69, 9.17) is 9.47 Å². The van der Waals surface area contributed by atoms with Gasteiger partial charge >= 0.3 is 12.1 Å². The van der Waals surface area contributed by atoms with E-state index in [-0.39, 0.29) is 18.1 Å². The van der Waals surface area contributed by atoms with Crippen LogP contribution in [0.5, 0.6) is 0 Å². The first-order chi connectivity index (χ1) is 14.7. The molecule has 0 unspecified atom stereocenters. The lowest BCUT2D eigenvalue weighted by molar-refractivity contribution is -0.163. The van der Waals surface area contributed by atoms with Crippen molar-refractivity contribution in [3.05, 3.63) is 34.3 Å². The Labute approximate surface area is 195 Å². The van der Waals surface area contributed by atoms with E-state index in [1.165, 1.54) is 0 Å². The summed E-state index contributed by atoms with van der Waals surface area (Å²) in [6.07, 6.45) is 5.15. The van der Waals surface area contributed by atoms with E-state index in [1.54, 1.807) is 4.90 Å². The van der Waals surface area contributed by atoms with Gasteiger partial charge in [0.15, 0.2) is 0 Å². The number of hydrogen-bond acceptors (Lipinski definition) is 4. The van der Waals surface area contributed by atoms with E-state index >= 15 is 0 Å². The number of ether oxygens (including phenoxy) is 2. The second kappa shape index (κ2) is 9.51. The Balaban J connectivity index is 2.07. The summed E-state index contributed by atoms with van der Waals surface area (Å²) in [4.78, 5) is 28.6. The maximum absolute atomic E-state index is 13.5. The van der Waals surface area contributed by atoms with Crippen LogP contribution in [0.3, 0.4) is 0 Å². The lowest BCUT2D eigenvalue weighted by Gasteiger charge is -2.48. The molecule has 6 heteroatoms. The predicted octanol–water partition coefficient (Wildman–Crippen LogP) is 6.79. The van der Waals surface area contributed by atoms with Crippen molar-refractivity contribution in [2.24, 2.45) is 5.41 Å². The van der Waals surface area contributed by atoms with Gasteiger partial charge in [0, 0.05) is 16.6 Å². The molecule has 1 saturated heterocycles. The number of fused-ring (bicyclic) bond motifs is 1. The van der Waals surface area contributed by atoms with Gasteiger partial charge in [0.1, 0.15) is 6.10 Å². The molecule has 31 heavy (non-hydrogen) atoms. The summed E-state index contributed by atoms with van der Waals surface area (Å²) in [6.45, 7) is 10.0. The molecule has 1 aliphatic carbocycles. The summed E-state index contributed by atoms with van der Waals surface area (Å²) in [5, 5.41) is 0. The number of hydrogen-bond donors (Lipinski definition) is 0. The van der Waals surface area contributed by atoms with Crippen molar-refractivity contribution < 1.29 is 19.1 Å². The molecule has 5 nitrogen and oxygen atoms in total. The van der Waals surface area contributed by atoms with E-state index < -0.39 is 23.2 Å². The fourth-order valence-electron chi connectivity index (χ4n) is 5.62. The van der Waals surface area contributed by atoms with Crippen LogP contribution in [-0.2, 0) is 14.3 Å². The van der Waals surface area contributed by atoms with Gasteiger partial charge in [0.2, 0.25) is 5.60 Å². The molecule has 1 aromatic carbocycles. The molecule has 0 N–H and O–H groups in total. The van der Waals surface area contributed by atoms with Crippen LogP contribution < -0.4 is 0 Å². The Hall–Kier alpha value is -1.56. The Morgan fingerprint density at radius 2 is 1.77 bits per heavy atom. The maximum atomic E-state index is 13.5. The Bertz CT molecular complexity index is 785. The van der Waals surface area contributed by atoms with Crippen molar-refractivity contribution >= 4 is 28.0 Å². The highest BCUT2D eigenvalue weighted by Crippen LogP contribution is 2.63. The molecule has 1 aliphatic heterocycles. The van der Waals surface area contributed by atoms with E-state index in [2.05, 4.69) is 22.9 Å². The highest BCUT2D eigenvalue weighted by molar-refractivity contribution is 9.10. The lowest BCUT2D eigenvalue weighted by Crippen LogP contribution is -2.58. The van der Waals surface area contributed by atoms with Gasteiger partial charge < -0.3 is 14.4 Å². The lowest BCUT2D eigenvalue weighted by atomic mass is 9.58. The average molecular weight is 494 g/mol. The quantitative estimate of drug-likeness (QED) is 0.392. The number of halogens is 1. The SMILES string of the molecule is CCCC[C@]12CCCC[C@@]1(OC(=O)N(C(C)C)C(C)C)C(=O)O[C@@H]2c1ccc(Br)cc1. The Kier molecular flexibility index (Phi) is 7.39. The molecule has 3 atom stereocenters. The van der Waals surface area contributed by atoms with Gasteiger partial charge in [-0.25, -0.2) is 9.59 Å². The van der Waals surface area contributed by atoms with Gasteiger partial charge in [0.05, 0.1) is 5.41 Å². The Morgan fingerprint density at radius 1 is 1.16 bits per heavy atom. The summed E-state index contributed by atoms with van der Waals surface area (Å²) in [5.41, 5.74) is -0.796. The third kappa shape index (κ3) is 4.24. The largest absolute Gasteiger partial charge is 0.454 e. The van der Waals surface area contributed by atoms with Gasteiger partial charge in [-0.1, -0.05) is 54.2 Å². The summed E-state index contributed by atoms with van der Waals surface area (Å²) >= 11 is 3.49. The number of nitrogens with zero attached hydrogens (tertiary/aromatic N) is 1. The number of esters is 1. The minimum Gasteiger partial charge on any atom is -0.454 e. The van der Waals surface area contributed by atoms with Gasteiger partial charge in [-0.2, -0.15) is 0 Å². The highest BCUT2D eigenvalue weighted by Gasteiger charge is 2.71. The molecule has 3 rings (SSSR count). The summed E-state index contributed by atoms with van der Waals surface area (Å²) < 4.78 is 13.3. The van der Waals surface area contributed by atoms with E-state index in [1.807, 2.05) is 52.0 Å². The first kappa shape index (κ1) is 24.1. The van der Waals surface area contributed by atoms with Crippen LogP contribution in [-0.4, -0.2) is 34.6 Å². The standard InChI is InChI=1S/C25H36BrNO4/c1-6-7-14-24-15-8-9-16-25(24,31-23(29)27(17(2)3)18(4)5)22(28)30-21(24)19-10-12-20(26)13-11-19/h10-13,17-18,21H,6-9,14-16H2,1-5H3/t21-,24-,25-/m1/s1. The number of carbonyl (C=O) groups is 2. The number of rotatable bonds is 7. The molecular formula is C25H36BrNO4. The molecule has 0 bridgehead atoms. The molecule has 0 spiro atoms. The fourth-order valence-corrected chi connectivity index (χ4v) is 5.88. The zero-order valence-corrected chi connectivity index (χ0v) is 21.0. The zero-order valence-electron chi connectivity index (χ0n) is 19.4. The Morgan fingerprint density at radius 3 is 2.35 bits per heavy atom. The third-order valence-electron chi connectivity index (χ3n) is 7.00. The first-order valence-electron chi connectivity index (χ1n) is 11.7. The second-order valence-corrected chi connectivity index (χ2v) is 10.5. The van der Waals surface area contributed by atoms with Crippen molar-refractivity contribution in [3.63, 3.8) is 0 Å². The van der Waals surface area contributed by atoms with Gasteiger partial charge in [-0.3, -0.25) is 0 Å². The maximum Gasteiger partial charge on any atom is 0.411 e. The molecule has 0 radical (unpaired) electrons. The van der Waals surface area contributed by atoms with Crippen LogP contribution in [0.4, 0.5) is 4.79 Å². The van der Waals surface area contributed by atoms with Crippen LogP contribution in [0.25, 0.3) is 0 Å². The van der Waals surface area contributed by atoms with E-state index in [0.29, 0.717) is 6.42 Å². The van der Waals surface area contributed by atoms with Crippen molar-refractivity contribution in [3.8, 4) is 0 Å². The number of benzene rings is 1. The van der Waals surface area contributed by atoms with Gasteiger partial charge in [0.25, 0.3) is 0 Å². The van der Waals surface area contributed by atoms with Crippen LogP contribution in [0.15, 0.2) is 28.7 Å². The first-order valence-corrected chi connectivity index (χ1v) is 12.5. The molecule has 1 saturated carbocycles. The molecule has 1 heterocycles. The topological polar surface area (TPSA) is 55.8 Å². The summed E-state index contributed by atoms with van der Waals surface area (Å²) in [6, 6.07) is 7.94. The van der Waals surface area contributed by atoms with Gasteiger partial charge in [-0.05, 0) is 71.1 Å². The van der Waals surface area contributed by atoms with Crippen LogP contribution in [0, 0.1) is 5.41 Å². The fraction of sp³-hybridized carbons (Fsp3) is 0.680. The normalized spacial score (nSPS) is 27.9. The minimum absolute atomic E-state index is 0.0165. The summed E-state index contributed by atoms with van der Waals surface area (Å²) in [7, 11) is 0. The molecule has 2 fully saturated rings. The molecular weight excluding hydrogens is 458 g/mol. The number of amides is 1. The summed E-state index contributed by atoms with van der Waals surface area (Å²) in [5.74, 6) is -0.378. The third-order valence-corrected chi connectivity index (χ3v) is 7.53.